The van der Waals surface area contributed by atoms with Crippen LogP contribution in [0.15, 0.2) is 24.4 Å². The van der Waals surface area contributed by atoms with Crippen molar-refractivity contribution in [3.05, 3.63) is 35.0 Å². The molecule has 0 saturated heterocycles. The summed E-state index contributed by atoms with van der Waals surface area (Å²) in [4.78, 5) is 13.5. The molecule has 1 aromatic heterocycles. The van der Waals surface area contributed by atoms with Crippen LogP contribution in [0.3, 0.4) is 0 Å². The second-order valence-corrected chi connectivity index (χ2v) is 2.93. The highest BCUT2D eigenvalue weighted by atomic mass is 35.5. The van der Waals surface area contributed by atoms with E-state index in [1.807, 2.05) is 6.07 Å². The van der Waals surface area contributed by atoms with E-state index in [0.29, 0.717) is 10.6 Å². The van der Waals surface area contributed by atoms with E-state index in [4.69, 9.17) is 11.6 Å². The van der Waals surface area contributed by atoms with Gasteiger partial charge < -0.3 is 4.98 Å². The third-order valence-electron chi connectivity index (χ3n) is 1.83. The van der Waals surface area contributed by atoms with Crippen LogP contribution in [0.25, 0.3) is 10.9 Å². The summed E-state index contributed by atoms with van der Waals surface area (Å²) in [6, 6.07) is 5.28. The van der Waals surface area contributed by atoms with E-state index >= 15 is 0 Å². The molecule has 0 aliphatic rings. The van der Waals surface area contributed by atoms with Gasteiger partial charge in [0, 0.05) is 22.2 Å². The number of aldehydes is 1. The van der Waals surface area contributed by atoms with Crippen molar-refractivity contribution < 1.29 is 4.79 Å². The zero-order valence-electron chi connectivity index (χ0n) is 6.17. The number of rotatable bonds is 1. The van der Waals surface area contributed by atoms with Gasteiger partial charge in [-0.2, -0.15) is 0 Å². The largest absolute Gasteiger partial charge is 0.361 e. The van der Waals surface area contributed by atoms with Crippen molar-refractivity contribution in [3.63, 3.8) is 0 Å². The van der Waals surface area contributed by atoms with E-state index in [1.165, 1.54) is 0 Å². The van der Waals surface area contributed by atoms with Crippen molar-refractivity contribution >= 4 is 28.8 Å². The molecule has 1 aromatic carbocycles. The fraction of sp³-hybridized carbons (Fsp3) is 0. The highest BCUT2D eigenvalue weighted by Crippen LogP contribution is 2.24. The van der Waals surface area contributed by atoms with E-state index in [9.17, 15) is 4.79 Å². The van der Waals surface area contributed by atoms with Gasteiger partial charge in [-0.3, -0.25) is 4.79 Å². The summed E-state index contributed by atoms with van der Waals surface area (Å²) >= 11 is 5.89. The third-order valence-corrected chi connectivity index (χ3v) is 2.16. The van der Waals surface area contributed by atoms with Crippen molar-refractivity contribution in [1.82, 2.24) is 4.98 Å². The Morgan fingerprint density at radius 3 is 2.92 bits per heavy atom. The number of aromatic amines is 1. The Morgan fingerprint density at radius 2 is 2.17 bits per heavy atom. The minimum absolute atomic E-state index is 0.638. The monoisotopic (exact) mass is 179 g/mol. The van der Waals surface area contributed by atoms with E-state index < -0.39 is 0 Å². The molecule has 0 aliphatic heterocycles. The highest BCUT2D eigenvalue weighted by molar-refractivity contribution is 6.35. The molecule has 0 bridgehead atoms. The molecule has 60 valence electrons. The van der Waals surface area contributed by atoms with Gasteiger partial charge in [-0.1, -0.05) is 11.6 Å². The van der Waals surface area contributed by atoms with Crippen LogP contribution in [0, 0.1) is 0 Å². The lowest BCUT2D eigenvalue weighted by molar-refractivity contribution is 0.112. The number of carbonyl (C=O) groups is 1. The van der Waals surface area contributed by atoms with Crippen LogP contribution in [0.1, 0.15) is 10.4 Å². The van der Waals surface area contributed by atoms with Gasteiger partial charge in [-0.25, -0.2) is 0 Å². The van der Waals surface area contributed by atoms with Crippen LogP contribution in [0.5, 0.6) is 0 Å². The Hall–Kier alpha value is -1.28. The number of benzene rings is 1. The molecule has 0 spiro atoms. The molecular weight excluding hydrogens is 174 g/mol. The minimum Gasteiger partial charge on any atom is -0.361 e. The molecule has 0 saturated carbocycles. The molecule has 2 rings (SSSR count). The van der Waals surface area contributed by atoms with Gasteiger partial charge >= 0.3 is 0 Å². The highest BCUT2D eigenvalue weighted by Gasteiger charge is 2.03. The van der Waals surface area contributed by atoms with Gasteiger partial charge in [0.1, 0.15) is 0 Å². The molecule has 0 amide bonds. The molecule has 12 heavy (non-hydrogen) atoms. The maximum absolute atomic E-state index is 10.6. The summed E-state index contributed by atoms with van der Waals surface area (Å²) in [5, 5.41) is 1.55. The molecule has 0 radical (unpaired) electrons. The molecular formula is C9H6ClNO. The quantitative estimate of drug-likeness (QED) is 0.671. The number of nitrogens with one attached hydrogen (secondary N) is 1. The van der Waals surface area contributed by atoms with Gasteiger partial charge in [-0.15, -0.1) is 0 Å². The zero-order valence-corrected chi connectivity index (χ0v) is 6.93. The number of aromatic nitrogens is 1. The van der Waals surface area contributed by atoms with Crippen molar-refractivity contribution in [3.8, 4) is 0 Å². The Kier molecular flexibility index (Phi) is 1.62. The predicted octanol–water partition coefficient (Wildman–Crippen LogP) is 2.63. The molecule has 3 heteroatoms. The first-order valence-electron chi connectivity index (χ1n) is 3.53. The number of fused-ring (bicyclic) bond motifs is 1. The van der Waals surface area contributed by atoms with Gasteiger partial charge in [0.15, 0.2) is 6.29 Å². The summed E-state index contributed by atoms with van der Waals surface area (Å²) in [5.41, 5.74) is 1.44. The predicted molar refractivity (Wildman–Crippen MR) is 48.7 cm³/mol. The number of hydrogen-bond donors (Lipinski definition) is 1. The average Bonchev–Trinajstić information content (AvgIpc) is 2.54. The first kappa shape index (κ1) is 7.37. The molecule has 2 nitrogen and oxygen atoms in total. The minimum atomic E-state index is 0.638. The molecule has 2 aromatic rings. The number of H-pyrrole nitrogens is 1. The second kappa shape index (κ2) is 2.64. The van der Waals surface area contributed by atoms with Gasteiger partial charge in [0.25, 0.3) is 0 Å². The maximum Gasteiger partial charge on any atom is 0.152 e. The normalized spacial score (nSPS) is 10.4. The van der Waals surface area contributed by atoms with Gasteiger partial charge in [-0.05, 0) is 18.2 Å². The number of hydrogen-bond acceptors (Lipinski definition) is 1. The standard InChI is InChI=1S/C9H6ClNO/c10-8-2-1-6(5-12)9-7(8)3-4-11-9/h1-5,11H. The van der Waals surface area contributed by atoms with E-state index in [-0.39, 0.29) is 0 Å². The first-order valence-corrected chi connectivity index (χ1v) is 3.91. The number of halogens is 1. The van der Waals surface area contributed by atoms with E-state index in [0.717, 1.165) is 17.2 Å². The zero-order chi connectivity index (χ0) is 8.55. The van der Waals surface area contributed by atoms with Crippen molar-refractivity contribution in [1.29, 1.82) is 0 Å². The van der Waals surface area contributed by atoms with Crippen molar-refractivity contribution in [2.45, 2.75) is 0 Å². The van der Waals surface area contributed by atoms with Gasteiger partial charge in [0.05, 0.1) is 5.52 Å². The van der Waals surface area contributed by atoms with Crippen molar-refractivity contribution in [2.75, 3.05) is 0 Å². The summed E-state index contributed by atoms with van der Waals surface area (Å²) in [7, 11) is 0. The van der Waals surface area contributed by atoms with Crippen molar-refractivity contribution in [2.24, 2.45) is 0 Å². The lowest BCUT2D eigenvalue weighted by Gasteiger charge is -1.95. The topological polar surface area (TPSA) is 32.9 Å². The fourth-order valence-corrected chi connectivity index (χ4v) is 1.46. The van der Waals surface area contributed by atoms with Crippen LogP contribution in [0.2, 0.25) is 5.02 Å². The third kappa shape index (κ3) is 0.924. The molecule has 0 aliphatic carbocycles. The van der Waals surface area contributed by atoms with Crippen LogP contribution in [-0.4, -0.2) is 11.3 Å². The maximum atomic E-state index is 10.6. The average molecular weight is 180 g/mol. The Labute approximate surface area is 74.2 Å². The molecule has 1 N–H and O–H groups in total. The van der Waals surface area contributed by atoms with Crippen LogP contribution in [0.4, 0.5) is 0 Å². The van der Waals surface area contributed by atoms with E-state index in [2.05, 4.69) is 4.98 Å². The fourth-order valence-electron chi connectivity index (χ4n) is 1.24. The lowest BCUT2D eigenvalue weighted by atomic mass is 10.2. The van der Waals surface area contributed by atoms with Gasteiger partial charge in [0.2, 0.25) is 0 Å². The summed E-state index contributed by atoms with van der Waals surface area (Å²) in [5.74, 6) is 0. The summed E-state index contributed by atoms with van der Waals surface area (Å²) < 4.78 is 0. The Bertz CT molecular complexity index is 433. The second-order valence-electron chi connectivity index (χ2n) is 2.52. The van der Waals surface area contributed by atoms with Crippen LogP contribution < -0.4 is 0 Å². The molecule has 0 unspecified atom stereocenters. The van der Waals surface area contributed by atoms with Crippen LogP contribution in [-0.2, 0) is 0 Å². The van der Waals surface area contributed by atoms with E-state index in [1.54, 1.807) is 18.3 Å². The molecule has 1 heterocycles. The summed E-state index contributed by atoms with van der Waals surface area (Å²) in [6.45, 7) is 0. The van der Waals surface area contributed by atoms with Crippen LogP contribution >= 0.6 is 11.6 Å². The Morgan fingerprint density at radius 1 is 1.33 bits per heavy atom. The Balaban J connectivity index is 2.91. The first-order chi connectivity index (χ1) is 5.83. The lowest BCUT2D eigenvalue weighted by Crippen LogP contribution is -1.81. The molecule has 0 atom stereocenters. The number of carbonyl (C=O) groups excluding carboxylic acids is 1. The summed E-state index contributed by atoms with van der Waals surface area (Å²) in [6.07, 6.45) is 2.58. The SMILES string of the molecule is O=Cc1ccc(Cl)c2cc[nH]c12. The smallest absolute Gasteiger partial charge is 0.152 e. The molecule has 0 fully saturated rings.